The highest BCUT2D eigenvalue weighted by Crippen LogP contribution is 2.24. The van der Waals surface area contributed by atoms with E-state index in [0.717, 1.165) is 12.0 Å². The zero-order chi connectivity index (χ0) is 19.6. The molecule has 27 heavy (non-hydrogen) atoms. The zero-order valence-corrected chi connectivity index (χ0v) is 16.8. The van der Waals surface area contributed by atoms with Crippen LogP contribution in [0.25, 0.3) is 11.4 Å². The average molecular weight is 372 g/mol. The van der Waals surface area contributed by atoms with Crippen molar-refractivity contribution in [1.29, 1.82) is 5.41 Å². The maximum Gasteiger partial charge on any atom is 0.249 e. The normalized spacial score (nSPS) is 12.3. The minimum Gasteiger partial charge on any atom is -0.370 e. The van der Waals surface area contributed by atoms with E-state index in [1.165, 1.54) is 44.1 Å². The fourth-order valence-electron chi connectivity index (χ4n) is 3.09. The number of benzene rings is 1. The molecule has 1 aromatic carbocycles. The van der Waals surface area contributed by atoms with Crippen molar-refractivity contribution in [1.82, 2.24) is 15.5 Å². The van der Waals surface area contributed by atoms with Gasteiger partial charge < -0.3 is 15.6 Å². The summed E-state index contributed by atoms with van der Waals surface area (Å²) >= 11 is 0. The summed E-state index contributed by atoms with van der Waals surface area (Å²) in [4.78, 5) is 4.50. The second-order valence-corrected chi connectivity index (χ2v) is 7.45. The van der Waals surface area contributed by atoms with Gasteiger partial charge in [-0.05, 0) is 24.3 Å². The summed E-state index contributed by atoms with van der Waals surface area (Å²) in [6.45, 7) is 6.28. The molecule has 0 unspecified atom stereocenters. The first-order valence-electron chi connectivity index (χ1n) is 10.0. The van der Waals surface area contributed by atoms with Crippen LogP contribution >= 0.6 is 0 Å². The molecule has 0 aliphatic heterocycles. The monoisotopic (exact) mass is 371 g/mol. The van der Waals surface area contributed by atoms with Crippen molar-refractivity contribution in [2.45, 2.75) is 71.8 Å². The molecule has 1 aromatic heterocycles. The number of nitrogens with two attached hydrogens (primary N) is 1. The Morgan fingerprint density at radius 3 is 2.41 bits per heavy atom. The second kappa shape index (κ2) is 10.7. The molecule has 6 nitrogen and oxygen atoms in total. The van der Waals surface area contributed by atoms with E-state index in [4.69, 9.17) is 15.7 Å². The largest absolute Gasteiger partial charge is 0.370 e. The van der Waals surface area contributed by atoms with Crippen LogP contribution in [-0.2, 0) is 6.42 Å². The van der Waals surface area contributed by atoms with E-state index < -0.39 is 0 Å². The molecule has 0 bridgehead atoms. The third-order valence-corrected chi connectivity index (χ3v) is 4.72. The van der Waals surface area contributed by atoms with E-state index in [-0.39, 0.29) is 17.9 Å². The molecule has 0 fully saturated rings. The molecule has 0 spiro atoms. The number of hydrogen-bond donors (Lipinski definition) is 3. The summed E-state index contributed by atoms with van der Waals surface area (Å²) in [6, 6.07) is 8.11. The number of guanidine groups is 1. The van der Waals surface area contributed by atoms with E-state index in [9.17, 15) is 0 Å². The summed E-state index contributed by atoms with van der Waals surface area (Å²) in [7, 11) is 0. The predicted molar refractivity (Wildman–Crippen MR) is 109 cm³/mol. The molecule has 148 valence electrons. The Morgan fingerprint density at radius 1 is 1.11 bits per heavy atom. The predicted octanol–water partition coefficient (Wildman–Crippen LogP) is 4.82. The highest BCUT2D eigenvalue weighted by Gasteiger charge is 2.23. The van der Waals surface area contributed by atoms with Gasteiger partial charge in [0.05, 0.1) is 0 Å². The van der Waals surface area contributed by atoms with Gasteiger partial charge in [-0.1, -0.05) is 82.3 Å². The van der Waals surface area contributed by atoms with E-state index >= 15 is 0 Å². The van der Waals surface area contributed by atoms with Gasteiger partial charge in [0, 0.05) is 5.56 Å². The molecule has 0 radical (unpaired) electrons. The molecule has 0 saturated carbocycles. The molecule has 2 aromatic rings. The van der Waals surface area contributed by atoms with Crippen LogP contribution in [0, 0.1) is 11.3 Å². The molecule has 1 heterocycles. The van der Waals surface area contributed by atoms with Crippen LogP contribution in [0.2, 0.25) is 0 Å². The molecule has 6 heteroatoms. The number of nitrogens with zero attached hydrogens (tertiary/aromatic N) is 2. The van der Waals surface area contributed by atoms with Gasteiger partial charge in [0.2, 0.25) is 11.7 Å². The Hall–Kier alpha value is -2.37. The Morgan fingerprint density at radius 2 is 1.78 bits per heavy atom. The van der Waals surface area contributed by atoms with Crippen molar-refractivity contribution in [3.05, 3.63) is 35.7 Å². The minimum atomic E-state index is -0.268. The highest BCUT2D eigenvalue weighted by molar-refractivity contribution is 5.74. The highest BCUT2D eigenvalue weighted by atomic mass is 16.5. The zero-order valence-electron chi connectivity index (χ0n) is 16.8. The fraction of sp³-hybridized carbons (Fsp3) is 0.571. The van der Waals surface area contributed by atoms with Crippen molar-refractivity contribution in [2.75, 3.05) is 0 Å². The van der Waals surface area contributed by atoms with Crippen molar-refractivity contribution in [3.63, 3.8) is 0 Å². The number of aryl methyl sites for hydroxylation is 1. The van der Waals surface area contributed by atoms with E-state index in [1.807, 2.05) is 26.0 Å². The smallest absolute Gasteiger partial charge is 0.249 e. The third-order valence-electron chi connectivity index (χ3n) is 4.72. The van der Waals surface area contributed by atoms with E-state index in [2.05, 4.69) is 34.5 Å². The van der Waals surface area contributed by atoms with E-state index in [0.29, 0.717) is 11.7 Å². The van der Waals surface area contributed by atoms with E-state index in [1.54, 1.807) is 0 Å². The summed E-state index contributed by atoms with van der Waals surface area (Å²) in [6.07, 6.45) is 8.98. The maximum absolute atomic E-state index is 7.44. The second-order valence-electron chi connectivity index (χ2n) is 7.45. The summed E-state index contributed by atoms with van der Waals surface area (Å²) in [5, 5.41) is 14.4. The lowest BCUT2D eigenvalue weighted by atomic mass is 10.0. The quantitative estimate of drug-likeness (QED) is 0.299. The summed E-state index contributed by atoms with van der Waals surface area (Å²) in [5.74, 6) is 1.08. The number of aromatic nitrogens is 2. The Balaban J connectivity index is 1.93. The van der Waals surface area contributed by atoms with Gasteiger partial charge >= 0.3 is 0 Å². The van der Waals surface area contributed by atoms with Gasteiger partial charge in [-0.15, -0.1) is 0 Å². The maximum atomic E-state index is 7.44. The van der Waals surface area contributed by atoms with Gasteiger partial charge in [0.15, 0.2) is 5.96 Å². The molecule has 0 aliphatic rings. The Kier molecular flexibility index (Phi) is 8.30. The molecule has 0 aliphatic carbocycles. The van der Waals surface area contributed by atoms with Crippen LogP contribution < -0.4 is 11.1 Å². The Bertz CT molecular complexity index is 693. The molecule has 0 amide bonds. The molecule has 4 N–H and O–H groups in total. The van der Waals surface area contributed by atoms with Crippen LogP contribution in [0.1, 0.15) is 76.8 Å². The molecular weight excluding hydrogens is 338 g/mol. The van der Waals surface area contributed by atoms with Gasteiger partial charge in [-0.3, -0.25) is 5.41 Å². The third kappa shape index (κ3) is 6.70. The first-order valence-corrected chi connectivity index (χ1v) is 10.0. The van der Waals surface area contributed by atoms with Crippen molar-refractivity contribution in [2.24, 2.45) is 11.7 Å². The lowest BCUT2D eigenvalue weighted by Crippen LogP contribution is -2.36. The number of nitrogens with one attached hydrogen (secondary N) is 2. The number of rotatable bonds is 11. The standard InChI is InChI=1S/C21H33N5O/c1-4-5-6-7-8-9-10-16-11-13-17(14-12-16)19-25-20(27-26-19)18(15(2)3)24-21(22)23/h11-15,18H,4-10H2,1-3H3,(H4,22,23,24)/t18-/m0/s1. The van der Waals surface area contributed by atoms with Crippen LogP contribution in [0.15, 0.2) is 28.8 Å². The van der Waals surface area contributed by atoms with Gasteiger partial charge in [0.1, 0.15) is 6.04 Å². The lowest BCUT2D eigenvalue weighted by Gasteiger charge is -2.17. The molecule has 2 rings (SSSR count). The van der Waals surface area contributed by atoms with Crippen LogP contribution in [0.5, 0.6) is 0 Å². The van der Waals surface area contributed by atoms with Crippen molar-refractivity contribution >= 4 is 5.96 Å². The van der Waals surface area contributed by atoms with Crippen LogP contribution in [0.4, 0.5) is 0 Å². The summed E-state index contributed by atoms with van der Waals surface area (Å²) in [5.41, 5.74) is 7.74. The molecule has 0 saturated heterocycles. The van der Waals surface area contributed by atoms with Gasteiger partial charge in [-0.2, -0.15) is 4.98 Å². The average Bonchev–Trinajstić information content (AvgIpc) is 3.12. The van der Waals surface area contributed by atoms with Crippen LogP contribution in [0.3, 0.4) is 0 Å². The number of hydrogen-bond acceptors (Lipinski definition) is 4. The summed E-state index contributed by atoms with van der Waals surface area (Å²) < 4.78 is 5.41. The SMILES string of the molecule is CCCCCCCCc1ccc(-c2noc([C@@H](NC(=N)N)C(C)C)n2)cc1. The van der Waals surface area contributed by atoms with Crippen molar-refractivity contribution in [3.8, 4) is 11.4 Å². The first kappa shape index (κ1) is 20.9. The first-order chi connectivity index (χ1) is 13.0. The Labute approximate surface area is 162 Å². The topological polar surface area (TPSA) is 101 Å². The molecular formula is C21H33N5O. The lowest BCUT2D eigenvalue weighted by molar-refractivity contribution is 0.309. The number of unbranched alkanes of at least 4 members (excludes halogenated alkanes) is 5. The molecule has 1 atom stereocenters. The fourth-order valence-corrected chi connectivity index (χ4v) is 3.09. The van der Waals surface area contributed by atoms with Crippen LogP contribution in [-0.4, -0.2) is 16.1 Å². The van der Waals surface area contributed by atoms with Gasteiger partial charge in [-0.25, -0.2) is 0 Å². The minimum absolute atomic E-state index is 0.104. The van der Waals surface area contributed by atoms with Crippen molar-refractivity contribution < 1.29 is 4.52 Å². The van der Waals surface area contributed by atoms with Gasteiger partial charge in [0.25, 0.3) is 0 Å².